The van der Waals surface area contributed by atoms with E-state index in [4.69, 9.17) is 14.2 Å². The number of ether oxygens (including phenoxy) is 3. The fraction of sp³-hybridized carbons (Fsp3) is 0.579. The molecule has 1 aromatic carbocycles. The molecule has 0 aliphatic heterocycles. The van der Waals surface area contributed by atoms with Crippen LogP contribution in [0.1, 0.15) is 30.1 Å². The number of carbonyl (C=O) groups is 2. The minimum Gasteiger partial charge on any atom is -0.493 e. The molecular weight excluding hydrogens is 336 g/mol. The lowest BCUT2D eigenvalue weighted by Crippen LogP contribution is -2.37. The third-order valence-electron chi connectivity index (χ3n) is 3.77. The molecule has 7 nitrogen and oxygen atoms in total. The molecule has 0 saturated carbocycles. The van der Waals surface area contributed by atoms with Gasteiger partial charge in [0.2, 0.25) is 5.91 Å². The van der Waals surface area contributed by atoms with Crippen LogP contribution in [-0.4, -0.2) is 70.4 Å². The van der Waals surface area contributed by atoms with E-state index in [1.165, 1.54) is 0 Å². The maximum atomic E-state index is 12.3. The van der Waals surface area contributed by atoms with E-state index in [2.05, 4.69) is 5.32 Å². The summed E-state index contributed by atoms with van der Waals surface area (Å²) in [6.45, 7) is 4.84. The molecule has 146 valence electrons. The lowest BCUT2D eigenvalue weighted by molar-refractivity contribution is -0.132. The third kappa shape index (κ3) is 7.84. The predicted octanol–water partition coefficient (Wildman–Crippen LogP) is 1.72. The van der Waals surface area contributed by atoms with Gasteiger partial charge in [-0.3, -0.25) is 9.59 Å². The van der Waals surface area contributed by atoms with E-state index in [1.807, 2.05) is 13.0 Å². The van der Waals surface area contributed by atoms with Crippen LogP contribution in [0.2, 0.25) is 0 Å². The largest absolute Gasteiger partial charge is 0.493 e. The van der Waals surface area contributed by atoms with Gasteiger partial charge in [0.15, 0.2) is 0 Å². The van der Waals surface area contributed by atoms with Gasteiger partial charge in [0.25, 0.3) is 5.91 Å². The Bertz CT molecular complexity index is 542. The van der Waals surface area contributed by atoms with Gasteiger partial charge >= 0.3 is 0 Å². The number of carbonyl (C=O) groups excluding carboxylic acids is 2. The molecule has 0 spiro atoms. The topological polar surface area (TPSA) is 77.1 Å². The molecule has 0 aliphatic carbocycles. The van der Waals surface area contributed by atoms with Gasteiger partial charge in [-0.1, -0.05) is 12.1 Å². The van der Waals surface area contributed by atoms with Crippen molar-refractivity contribution in [2.75, 3.05) is 53.7 Å². The van der Waals surface area contributed by atoms with Crippen molar-refractivity contribution in [1.82, 2.24) is 10.2 Å². The van der Waals surface area contributed by atoms with Gasteiger partial charge in [0.05, 0.1) is 25.4 Å². The summed E-state index contributed by atoms with van der Waals surface area (Å²) in [6.07, 6.45) is 0.929. The maximum Gasteiger partial charge on any atom is 0.255 e. The second-order valence-corrected chi connectivity index (χ2v) is 5.66. The van der Waals surface area contributed by atoms with E-state index < -0.39 is 0 Å². The molecule has 0 atom stereocenters. The summed E-state index contributed by atoms with van der Waals surface area (Å²) in [5.74, 6) is 0.397. The van der Waals surface area contributed by atoms with Crippen LogP contribution in [0.5, 0.6) is 5.75 Å². The first kappa shape index (κ1) is 21.9. The van der Waals surface area contributed by atoms with E-state index in [9.17, 15) is 9.59 Å². The minimum absolute atomic E-state index is 0.0306. The highest BCUT2D eigenvalue weighted by molar-refractivity contribution is 5.96. The van der Waals surface area contributed by atoms with Crippen LogP contribution in [0.4, 0.5) is 0 Å². The van der Waals surface area contributed by atoms with Gasteiger partial charge < -0.3 is 24.4 Å². The van der Waals surface area contributed by atoms with Crippen molar-refractivity contribution in [2.45, 2.75) is 19.8 Å². The van der Waals surface area contributed by atoms with E-state index in [0.717, 1.165) is 0 Å². The van der Waals surface area contributed by atoms with Crippen LogP contribution in [-0.2, 0) is 14.3 Å². The predicted molar refractivity (Wildman–Crippen MR) is 99.5 cm³/mol. The average Bonchev–Trinajstić information content (AvgIpc) is 2.65. The summed E-state index contributed by atoms with van der Waals surface area (Å²) in [7, 11) is 3.21. The highest BCUT2D eigenvalue weighted by Gasteiger charge is 2.14. The van der Waals surface area contributed by atoms with Crippen LogP contribution in [0.15, 0.2) is 24.3 Å². The molecule has 7 heteroatoms. The number of methoxy groups -OCH3 is 2. The lowest BCUT2D eigenvalue weighted by Gasteiger charge is -2.22. The Balaban J connectivity index is 2.42. The summed E-state index contributed by atoms with van der Waals surface area (Å²) in [5, 5.41) is 2.84. The summed E-state index contributed by atoms with van der Waals surface area (Å²) in [4.78, 5) is 26.3. The molecule has 1 aromatic rings. The second kappa shape index (κ2) is 13.1. The Hall–Kier alpha value is -2.12. The zero-order valence-corrected chi connectivity index (χ0v) is 16.0. The van der Waals surface area contributed by atoms with E-state index >= 15 is 0 Å². The standard InChI is InChI=1S/C19H30N2O5/c1-4-26-17-9-6-5-8-16(17)19(23)20-11-7-10-18(22)21(12-14-24-2)13-15-25-3/h5-6,8-9H,4,7,10-15H2,1-3H3,(H,20,23). The first-order valence-electron chi connectivity index (χ1n) is 8.89. The maximum absolute atomic E-state index is 12.3. The number of nitrogens with one attached hydrogen (secondary N) is 1. The number of para-hydroxylation sites is 1. The number of amides is 2. The molecule has 0 unspecified atom stereocenters. The van der Waals surface area contributed by atoms with Gasteiger partial charge in [0.1, 0.15) is 5.75 Å². The number of hydrogen-bond acceptors (Lipinski definition) is 5. The molecule has 26 heavy (non-hydrogen) atoms. The quantitative estimate of drug-likeness (QED) is 0.538. The molecule has 0 radical (unpaired) electrons. The lowest BCUT2D eigenvalue weighted by atomic mass is 10.2. The third-order valence-corrected chi connectivity index (χ3v) is 3.77. The van der Waals surface area contributed by atoms with Crippen LogP contribution in [0.3, 0.4) is 0 Å². The fourth-order valence-electron chi connectivity index (χ4n) is 2.39. The molecule has 0 bridgehead atoms. The first-order chi connectivity index (χ1) is 12.6. The van der Waals surface area contributed by atoms with Crippen molar-refractivity contribution < 1.29 is 23.8 Å². The molecule has 2 amide bonds. The van der Waals surface area contributed by atoms with Crippen LogP contribution < -0.4 is 10.1 Å². The highest BCUT2D eigenvalue weighted by Crippen LogP contribution is 2.17. The van der Waals surface area contributed by atoms with Crippen LogP contribution >= 0.6 is 0 Å². The monoisotopic (exact) mass is 366 g/mol. The van der Waals surface area contributed by atoms with Crippen molar-refractivity contribution in [3.8, 4) is 5.75 Å². The Morgan fingerprint density at radius 3 is 2.35 bits per heavy atom. The number of benzene rings is 1. The summed E-state index contributed by atoms with van der Waals surface area (Å²) < 4.78 is 15.5. The van der Waals surface area contributed by atoms with E-state index in [-0.39, 0.29) is 11.8 Å². The smallest absolute Gasteiger partial charge is 0.255 e. The Morgan fingerprint density at radius 2 is 1.73 bits per heavy atom. The van der Waals surface area contributed by atoms with Gasteiger partial charge in [-0.2, -0.15) is 0 Å². The minimum atomic E-state index is -0.197. The molecule has 0 saturated heterocycles. The summed E-state index contributed by atoms with van der Waals surface area (Å²) in [5.41, 5.74) is 0.502. The van der Waals surface area contributed by atoms with Crippen molar-refractivity contribution in [3.05, 3.63) is 29.8 Å². The molecule has 0 fully saturated rings. The molecular formula is C19H30N2O5. The molecule has 1 N–H and O–H groups in total. The second-order valence-electron chi connectivity index (χ2n) is 5.66. The van der Waals surface area contributed by atoms with Gasteiger partial charge in [-0.15, -0.1) is 0 Å². The van der Waals surface area contributed by atoms with Crippen molar-refractivity contribution in [2.24, 2.45) is 0 Å². The Morgan fingerprint density at radius 1 is 1.08 bits per heavy atom. The van der Waals surface area contributed by atoms with Gasteiger partial charge in [-0.05, 0) is 25.5 Å². The van der Waals surface area contributed by atoms with Gasteiger partial charge in [-0.25, -0.2) is 0 Å². The van der Waals surface area contributed by atoms with E-state index in [1.54, 1.807) is 37.3 Å². The van der Waals surface area contributed by atoms with Crippen molar-refractivity contribution >= 4 is 11.8 Å². The average molecular weight is 366 g/mol. The molecule has 0 aromatic heterocycles. The van der Waals surface area contributed by atoms with Crippen LogP contribution in [0.25, 0.3) is 0 Å². The van der Waals surface area contributed by atoms with Crippen molar-refractivity contribution in [1.29, 1.82) is 0 Å². The van der Waals surface area contributed by atoms with Crippen molar-refractivity contribution in [3.63, 3.8) is 0 Å². The highest BCUT2D eigenvalue weighted by atomic mass is 16.5. The number of rotatable bonds is 13. The van der Waals surface area contributed by atoms with Crippen LogP contribution in [0, 0.1) is 0 Å². The summed E-state index contributed by atoms with van der Waals surface area (Å²) >= 11 is 0. The zero-order chi connectivity index (χ0) is 19.2. The fourth-order valence-corrected chi connectivity index (χ4v) is 2.39. The SMILES string of the molecule is CCOc1ccccc1C(=O)NCCCC(=O)N(CCOC)CCOC. The zero-order valence-electron chi connectivity index (χ0n) is 16.0. The molecule has 1 rings (SSSR count). The number of hydrogen-bond donors (Lipinski definition) is 1. The molecule has 0 heterocycles. The molecule has 0 aliphatic rings. The first-order valence-corrected chi connectivity index (χ1v) is 8.89. The Kier molecular flexibility index (Phi) is 11.1. The normalized spacial score (nSPS) is 10.4. The number of nitrogens with zero attached hydrogens (tertiary/aromatic N) is 1. The summed E-state index contributed by atoms with van der Waals surface area (Å²) in [6, 6.07) is 7.12. The Labute approximate surface area is 155 Å². The van der Waals surface area contributed by atoms with E-state index in [0.29, 0.717) is 63.6 Å². The van der Waals surface area contributed by atoms with Gasteiger partial charge in [0, 0.05) is 40.3 Å².